The number of carbonyl (C=O) groups is 1. The number of hydrogen-bond donors (Lipinski definition) is 1. The standard InChI is InChI=1S/C19H21N5O/c20-18(25)16-11-22-24-17(8-9-21-19(16)24)15-7-4-10-23(13-15)12-14-5-2-1-3-6-14/h1-3,5-6,8-9,11,15H,4,7,10,12-13H2,(H2,20,25)/t15-/m1/s1. The van der Waals surface area contributed by atoms with Gasteiger partial charge in [0, 0.05) is 25.2 Å². The summed E-state index contributed by atoms with van der Waals surface area (Å²) in [5.74, 6) is -0.127. The van der Waals surface area contributed by atoms with Crippen LogP contribution in [0.1, 0.15) is 40.4 Å². The van der Waals surface area contributed by atoms with E-state index in [-0.39, 0.29) is 0 Å². The Labute approximate surface area is 146 Å². The van der Waals surface area contributed by atoms with Gasteiger partial charge < -0.3 is 5.73 Å². The molecule has 1 saturated heterocycles. The van der Waals surface area contributed by atoms with Crippen LogP contribution in [-0.4, -0.2) is 38.5 Å². The highest BCUT2D eigenvalue weighted by atomic mass is 16.1. The molecule has 1 aliphatic heterocycles. The van der Waals surface area contributed by atoms with Crippen molar-refractivity contribution in [2.75, 3.05) is 13.1 Å². The van der Waals surface area contributed by atoms with Crippen molar-refractivity contribution in [1.82, 2.24) is 19.5 Å². The average molecular weight is 335 g/mol. The SMILES string of the molecule is NC(=O)c1cnn2c([C@@H]3CCCN(Cc4ccccc4)C3)ccnc12. The summed E-state index contributed by atoms with van der Waals surface area (Å²) in [5.41, 5.74) is 8.77. The molecule has 4 rings (SSSR count). The molecule has 1 amide bonds. The van der Waals surface area contributed by atoms with Gasteiger partial charge >= 0.3 is 0 Å². The van der Waals surface area contributed by atoms with E-state index in [2.05, 4.69) is 39.2 Å². The zero-order valence-electron chi connectivity index (χ0n) is 14.0. The molecule has 0 saturated carbocycles. The quantitative estimate of drug-likeness (QED) is 0.793. The topological polar surface area (TPSA) is 76.5 Å². The van der Waals surface area contributed by atoms with E-state index in [1.54, 1.807) is 10.7 Å². The maximum Gasteiger partial charge on any atom is 0.254 e. The molecule has 25 heavy (non-hydrogen) atoms. The van der Waals surface area contributed by atoms with Crippen LogP contribution in [0.2, 0.25) is 0 Å². The zero-order valence-corrected chi connectivity index (χ0v) is 14.0. The second-order valence-corrected chi connectivity index (χ2v) is 6.59. The van der Waals surface area contributed by atoms with Gasteiger partial charge in [-0.1, -0.05) is 30.3 Å². The van der Waals surface area contributed by atoms with E-state index in [1.807, 2.05) is 12.1 Å². The number of fused-ring (bicyclic) bond motifs is 1. The number of benzene rings is 1. The minimum Gasteiger partial charge on any atom is -0.365 e. The van der Waals surface area contributed by atoms with E-state index in [0.29, 0.717) is 17.1 Å². The predicted octanol–water partition coefficient (Wildman–Crippen LogP) is 2.21. The summed E-state index contributed by atoms with van der Waals surface area (Å²) in [5, 5.41) is 4.36. The van der Waals surface area contributed by atoms with Crippen LogP contribution in [0.25, 0.3) is 5.65 Å². The van der Waals surface area contributed by atoms with Crippen LogP contribution in [0.3, 0.4) is 0 Å². The van der Waals surface area contributed by atoms with Crippen molar-refractivity contribution in [1.29, 1.82) is 0 Å². The largest absolute Gasteiger partial charge is 0.365 e. The van der Waals surface area contributed by atoms with Crippen LogP contribution in [0, 0.1) is 0 Å². The van der Waals surface area contributed by atoms with Crippen molar-refractivity contribution in [3.05, 3.63) is 65.6 Å². The van der Waals surface area contributed by atoms with E-state index in [1.165, 1.54) is 11.8 Å². The normalized spacial score (nSPS) is 18.5. The monoisotopic (exact) mass is 335 g/mol. The van der Waals surface area contributed by atoms with Crippen LogP contribution in [0.15, 0.2) is 48.8 Å². The van der Waals surface area contributed by atoms with Crippen LogP contribution < -0.4 is 5.73 Å². The lowest BCUT2D eigenvalue weighted by Crippen LogP contribution is -2.34. The summed E-state index contributed by atoms with van der Waals surface area (Å²) in [6.07, 6.45) is 5.51. The number of amides is 1. The molecule has 0 radical (unpaired) electrons. The minimum absolute atomic E-state index is 0.364. The third kappa shape index (κ3) is 3.13. The summed E-state index contributed by atoms with van der Waals surface area (Å²) < 4.78 is 1.77. The zero-order chi connectivity index (χ0) is 17.2. The van der Waals surface area contributed by atoms with E-state index >= 15 is 0 Å². The Bertz CT molecular complexity index is 889. The van der Waals surface area contributed by atoms with Crippen molar-refractivity contribution in [2.45, 2.75) is 25.3 Å². The number of nitrogens with zero attached hydrogens (tertiary/aromatic N) is 4. The summed E-state index contributed by atoms with van der Waals surface area (Å²) in [6, 6.07) is 12.5. The Kier molecular flexibility index (Phi) is 4.19. The van der Waals surface area contributed by atoms with E-state index < -0.39 is 5.91 Å². The number of nitrogens with two attached hydrogens (primary N) is 1. The molecule has 2 N–H and O–H groups in total. The van der Waals surface area contributed by atoms with Gasteiger partial charge in [0.1, 0.15) is 5.56 Å². The van der Waals surface area contributed by atoms with Gasteiger partial charge in [-0.15, -0.1) is 0 Å². The number of rotatable bonds is 4. The summed E-state index contributed by atoms with van der Waals surface area (Å²) in [6.45, 7) is 3.03. The van der Waals surface area contributed by atoms with E-state index in [9.17, 15) is 4.79 Å². The molecule has 2 aromatic heterocycles. The second kappa shape index (κ2) is 6.64. The Morgan fingerprint density at radius 2 is 2.08 bits per heavy atom. The molecule has 1 fully saturated rings. The third-order valence-corrected chi connectivity index (χ3v) is 4.87. The highest BCUT2D eigenvalue weighted by Crippen LogP contribution is 2.28. The number of aromatic nitrogens is 3. The summed E-state index contributed by atoms with van der Waals surface area (Å²) in [4.78, 5) is 18.3. The van der Waals surface area contributed by atoms with Crippen LogP contribution in [-0.2, 0) is 6.54 Å². The third-order valence-electron chi connectivity index (χ3n) is 4.87. The first-order chi connectivity index (χ1) is 12.2. The van der Waals surface area contributed by atoms with Gasteiger partial charge in [-0.25, -0.2) is 9.50 Å². The molecule has 0 spiro atoms. The lowest BCUT2D eigenvalue weighted by molar-refractivity contribution is 0.100. The molecule has 3 aromatic rings. The van der Waals surface area contributed by atoms with Crippen molar-refractivity contribution in [3.63, 3.8) is 0 Å². The first-order valence-electron chi connectivity index (χ1n) is 8.61. The molecule has 3 heterocycles. The van der Waals surface area contributed by atoms with Crippen LogP contribution in [0.5, 0.6) is 0 Å². The second-order valence-electron chi connectivity index (χ2n) is 6.59. The van der Waals surface area contributed by atoms with Gasteiger partial charge in [0.25, 0.3) is 5.91 Å². The summed E-state index contributed by atoms with van der Waals surface area (Å²) >= 11 is 0. The molecule has 0 unspecified atom stereocenters. The highest BCUT2D eigenvalue weighted by Gasteiger charge is 2.24. The van der Waals surface area contributed by atoms with Crippen LogP contribution >= 0.6 is 0 Å². The number of hydrogen-bond acceptors (Lipinski definition) is 4. The van der Waals surface area contributed by atoms with Crippen molar-refractivity contribution in [2.24, 2.45) is 5.73 Å². The first kappa shape index (κ1) is 15.8. The predicted molar refractivity (Wildman–Crippen MR) is 95.2 cm³/mol. The molecule has 1 aromatic carbocycles. The molecule has 6 heteroatoms. The fourth-order valence-electron chi connectivity index (χ4n) is 3.68. The molecule has 0 bridgehead atoms. The lowest BCUT2D eigenvalue weighted by atomic mass is 9.94. The molecule has 0 aliphatic carbocycles. The maximum atomic E-state index is 11.5. The van der Waals surface area contributed by atoms with Gasteiger partial charge in [-0.05, 0) is 31.0 Å². The summed E-state index contributed by atoms with van der Waals surface area (Å²) in [7, 11) is 0. The van der Waals surface area contributed by atoms with Crippen LogP contribution in [0.4, 0.5) is 0 Å². The fraction of sp³-hybridized carbons (Fsp3) is 0.316. The average Bonchev–Trinajstić information content (AvgIpc) is 3.07. The van der Waals surface area contributed by atoms with Gasteiger partial charge in [0.15, 0.2) is 5.65 Å². The molecule has 1 atom stereocenters. The maximum absolute atomic E-state index is 11.5. The lowest BCUT2D eigenvalue weighted by Gasteiger charge is -2.33. The highest BCUT2D eigenvalue weighted by molar-refractivity contribution is 5.98. The Morgan fingerprint density at radius 1 is 1.24 bits per heavy atom. The van der Waals surface area contributed by atoms with E-state index in [0.717, 1.165) is 38.2 Å². The Morgan fingerprint density at radius 3 is 2.88 bits per heavy atom. The van der Waals surface area contributed by atoms with Gasteiger partial charge in [0.2, 0.25) is 0 Å². The number of piperidine rings is 1. The van der Waals surface area contributed by atoms with Gasteiger partial charge in [0.05, 0.1) is 11.9 Å². The molecule has 1 aliphatic rings. The van der Waals surface area contributed by atoms with Crippen molar-refractivity contribution in [3.8, 4) is 0 Å². The minimum atomic E-state index is -0.492. The number of likely N-dealkylation sites (tertiary alicyclic amines) is 1. The molecule has 128 valence electrons. The smallest absolute Gasteiger partial charge is 0.254 e. The fourth-order valence-corrected chi connectivity index (χ4v) is 3.68. The Balaban J connectivity index is 1.59. The van der Waals surface area contributed by atoms with Crippen molar-refractivity contribution < 1.29 is 4.79 Å². The molecular formula is C19H21N5O. The first-order valence-corrected chi connectivity index (χ1v) is 8.61. The number of carbonyl (C=O) groups excluding carboxylic acids is 1. The van der Waals surface area contributed by atoms with E-state index in [4.69, 9.17) is 5.73 Å². The Hall–Kier alpha value is -2.73. The molecular weight excluding hydrogens is 314 g/mol. The van der Waals surface area contributed by atoms with Crippen molar-refractivity contribution >= 4 is 11.6 Å². The van der Waals surface area contributed by atoms with Gasteiger partial charge in [-0.2, -0.15) is 5.10 Å². The molecule has 6 nitrogen and oxygen atoms in total. The number of primary amides is 1. The van der Waals surface area contributed by atoms with Gasteiger partial charge in [-0.3, -0.25) is 9.69 Å².